The average molecular weight is 284 g/mol. The van der Waals surface area contributed by atoms with Crippen LogP contribution in [0, 0.1) is 0 Å². The summed E-state index contributed by atoms with van der Waals surface area (Å²) in [5, 5.41) is 3.14. The van der Waals surface area contributed by atoms with Crippen LogP contribution in [0.4, 0.5) is 0 Å². The predicted molar refractivity (Wildman–Crippen MR) is 73.4 cm³/mol. The van der Waals surface area contributed by atoms with E-state index >= 15 is 0 Å². The molecule has 6 heteroatoms. The maximum absolute atomic E-state index is 11.7. The standard InChI is InChI=1S/C12H14ClN3OS/c1-12(2,3)8-6-18-10(15-8)5-16-7-14-9(13)4-11(16)17/h4,6-7H,5H2,1-3H3. The van der Waals surface area contributed by atoms with Crippen LogP contribution in [-0.2, 0) is 12.0 Å². The first-order valence-corrected chi connectivity index (χ1v) is 6.79. The number of halogens is 1. The molecular weight excluding hydrogens is 270 g/mol. The van der Waals surface area contributed by atoms with Gasteiger partial charge >= 0.3 is 0 Å². The molecule has 2 heterocycles. The van der Waals surface area contributed by atoms with Crippen LogP contribution in [0.1, 0.15) is 31.5 Å². The van der Waals surface area contributed by atoms with Crippen molar-refractivity contribution in [1.82, 2.24) is 14.5 Å². The number of aromatic nitrogens is 3. The molecule has 0 atom stereocenters. The minimum absolute atomic E-state index is 0.0258. The van der Waals surface area contributed by atoms with E-state index in [2.05, 4.69) is 30.7 Å². The number of thiazole rings is 1. The highest BCUT2D eigenvalue weighted by Gasteiger charge is 2.17. The molecule has 2 aromatic rings. The van der Waals surface area contributed by atoms with Gasteiger partial charge in [-0.2, -0.15) is 0 Å². The summed E-state index contributed by atoms with van der Waals surface area (Å²) in [5.74, 6) is 0. The van der Waals surface area contributed by atoms with Gasteiger partial charge in [0.25, 0.3) is 5.56 Å². The number of hydrogen-bond donors (Lipinski definition) is 0. The van der Waals surface area contributed by atoms with E-state index in [1.807, 2.05) is 5.38 Å². The van der Waals surface area contributed by atoms with Crippen LogP contribution in [0.2, 0.25) is 5.15 Å². The van der Waals surface area contributed by atoms with E-state index in [9.17, 15) is 4.79 Å². The van der Waals surface area contributed by atoms with Crippen LogP contribution in [-0.4, -0.2) is 14.5 Å². The molecule has 0 fully saturated rings. The van der Waals surface area contributed by atoms with Gasteiger partial charge in [-0.3, -0.25) is 9.36 Å². The fraction of sp³-hybridized carbons (Fsp3) is 0.417. The van der Waals surface area contributed by atoms with Crippen LogP contribution in [0.3, 0.4) is 0 Å². The van der Waals surface area contributed by atoms with Crippen molar-refractivity contribution in [3.8, 4) is 0 Å². The molecule has 18 heavy (non-hydrogen) atoms. The maximum atomic E-state index is 11.7. The largest absolute Gasteiger partial charge is 0.292 e. The van der Waals surface area contributed by atoms with E-state index in [1.165, 1.54) is 17.0 Å². The summed E-state index contributed by atoms with van der Waals surface area (Å²) >= 11 is 7.20. The lowest BCUT2D eigenvalue weighted by atomic mass is 9.93. The second-order valence-corrected chi connectivity index (χ2v) is 6.38. The Morgan fingerprint density at radius 2 is 2.17 bits per heavy atom. The zero-order valence-electron chi connectivity index (χ0n) is 10.5. The summed E-state index contributed by atoms with van der Waals surface area (Å²) in [5.41, 5.74) is 0.901. The lowest BCUT2D eigenvalue weighted by molar-refractivity contribution is 0.569. The first kappa shape index (κ1) is 13.2. The lowest BCUT2D eigenvalue weighted by Crippen LogP contribution is -2.20. The third kappa shape index (κ3) is 2.97. The molecule has 2 aromatic heterocycles. The van der Waals surface area contributed by atoms with Crippen molar-refractivity contribution in [3.63, 3.8) is 0 Å². The highest BCUT2D eigenvalue weighted by Crippen LogP contribution is 2.24. The summed E-state index contributed by atoms with van der Waals surface area (Å²) in [7, 11) is 0. The maximum Gasteiger partial charge on any atom is 0.255 e. The molecule has 0 amide bonds. The third-order valence-corrected chi connectivity index (χ3v) is 3.51. The van der Waals surface area contributed by atoms with Crippen LogP contribution < -0.4 is 5.56 Å². The first-order valence-electron chi connectivity index (χ1n) is 5.53. The van der Waals surface area contributed by atoms with E-state index < -0.39 is 0 Å². The molecule has 0 radical (unpaired) electrons. The van der Waals surface area contributed by atoms with Gasteiger partial charge in [0.15, 0.2) is 0 Å². The van der Waals surface area contributed by atoms with E-state index in [4.69, 9.17) is 11.6 Å². The predicted octanol–water partition coefficient (Wildman–Crippen LogP) is 2.70. The lowest BCUT2D eigenvalue weighted by Gasteiger charge is -2.14. The molecule has 0 unspecified atom stereocenters. The highest BCUT2D eigenvalue weighted by atomic mass is 35.5. The van der Waals surface area contributed by atoms with Crippen LogP contribution in [0.25, 0.3) is 0 Å². The molecule has 0 aliphatic heterocycles. The summed E-state index contributed by atoms with van der Waals surface area (Å²) in [4.78, 5) is 20.1. The average Bonchev–Trinajstić information content (AvgIpc) is 2.70. The van der Waals surface area contributed by atoms with E-state index in [1.54, 1.807) is 11.3 Å². The Balaban J connectivity index is 2.24. The van der Waals surface area contributed by atoms with Crippen molar-refractivity contribution < 1.29 is 0 Å². The molecule has 96 valence electrons. The molecule has 0 aliphatic rings. The topological polar surface area (TPSA) is 47.8 Å². The van der Waals surface area contributed by atoms with E-state index in [0.29, 0.717) is 6.54 Å². The Morgan fingerprint density at radius 3 is 2.72 bits per heavy atom. The Labute approximate surface area is 114 Å². The Kier molecular flexibility index (Phi) is 3.54. The van der Waals surface area contributed by atoms with Gasteiger partial charge in [-0.05, 0) is 0 Å². The van der Waals surface area contributed by atoms with Crippen molar-refractivity contribution in [2.75, 3.05) is 0 Å². The van der Waals surface area contributed by atoms with Crippen LogP contribution in [0.15, 0.2) is 22.6 Å². The van der Waals surface area contributed by atoms with Gasteiger partial charge in [-0.15, -0.1) is 11.3 Å². The molecule has 0 spiro atoms. The molecule has 0 aliphatic carbocycles. The first-order chi connectivity index (χ1) is 8.36. The molecule has 0 saturated carbocycles. The molecule has 4 nitrogen and oxygen atoms in total. The summed E-state index contributed by atoms with van der Waals surface area (Å²) in [6, 6.07) is 1.31. The van der Waals surface area contributed by atoms with Gasteiger partial charge < -0.3 is 0 Å². The monoisotopic (exact) mass is 283 g/mol. The van der Waals surface area contributed by atoms with Crippen LogP contribution in [0.5, 0.6) is 0 Å². The molecule has 0 saturated heterocycles. The van der Waals surface area contributed by atoms with Crippen molar-refractivity contribution in [2.45, 2.75) is 32.7 Å². The van der Waals surface area contributed by atoms with Gasteiger partial charge in [0.1, 0.15) is 10.2 Å². The molecule has 2 rings (SSSR count). The third-order valence-electron chi connectivity index (χ3n) is 2.47. The Morgan fingerprint density at radius 1 is 1.44 bits per heavy atom. The second-order valence-electron chi connectivity index (χ2n) is 5.05. The number of nitrogens with zero attached hydrogens (tertiary/aromatic N) is 3. The fourth-order valence-electron chi connectivity index (χ4n) is 1.40. The fourth-order valence-corrected chi connectivity index (χ4v) is 2.55. The van der Waals surface area contributed by atoms with E-state index in [-0.39, 0.29) is 16.1 Å². The molecule has 0 bridgehead atoms. The van der Waals surface area contributed by atoms with E-state index in [0.717, 1.165) is 10.7 Å². The minimum Gasteiger partial charge on any atom is -0.292 e. The van der Waals surface area contributed by atoms with Crippen molar-refractivity contribution in [3.05, 3.63) is 44.0 Å². The summed E-state index contributed by atoms with van der Waals surface area (Å²) in [6.45, 7) is 6.77. The van der Waals surface area contributed by atoms with Crippen molar-refractivity contribution in [1.29, 1.82) is 0 Å². The SMILES string of the molecule is CC(C)(C)c1csc(Cn2cnc(Cl)cc2=O)n1. The minimum atomic E-state index is -0.164. The highest BCUT2D eigenvalue weighted by molar-refractivity contribution is 7.09. The Hall–Kier alpha value is -1.20. The second kappa shape index (κ2) is 4.82. The molecular formula is C12H14ClN3OS. The van der Waals surface area contributed by atoms with Crippen molar-refractivity contribution >= 4 is 22.9 Å². The smallest absolute Gasteiger partial charge is 0.255 e. The molecule has 0 aromatic carbocycles. The number of rotatable bonds is 2. The summed E-state index contributed by atoms with van der Waals surface area (Å²) < 4.78 is 1.50. The zero-order chi connectivity index (χ0) is 13.3. The zero-order valence-corrected chi connectivity index (χ0v) is 12.0. The van der Waals surface area contributed by atoms with Crippen LogP contribution >= 0.6 is 22.9 Å². The van der Waals surface area contributed by atoms with Gasteiger partial charge in [0, 0.05) is 16.9 Å². The van der Waals surface area contributed by atoms with Gasteiger partial charge in [0.05, 0.1) is 18.6 Å². The van der Waals surface area contributed by atoms with Crippen molar-refractivity contribution in [2.24, 2.45) is 0 Å². The van der Waals surface area contributed by atoms with Gasteiger partial charge in [-0.1, -0.05) is 32.4 Å². The quantitative estimate of drug-likeness (QED) is 0.796. The normalized spacial score (nSPS) is 11.8. The summed E-state index contributed by atoms with van der Waals surface area (Å²) in [6.07, 6.45) is 1.45. The van der Waals surface area contributed by atoms with Gasteiger partial charge in [-0.25, -0.2) is 9.97 Å². The van der Waals surface area contributed by atoms with Gasteiger partial charge in [0.2, 0.25) is 0 Å². The Bertz CT molecular complexity index is 612. The number of hydrogen-bond acceptors (Lipinski definition) is 4. The molecule has 0 N–H and O–H groups in total.